The van der Waals surface area contributed by atoms with Crippen molar-refractivity contribution in [2.24, 2.45) is 0 Å². The van der Waals surface area contributed by atoms with Crippen molar-refractivity contribution in [3.8, 4) is 0 Å². The van der Waals surface area contributed by atoms with Gasteiger partial charge >= 0.3 is 0 Å². The normalized spacial score (nSPS) is 38.0. The molecule has 0 radical (unpaired) electrons. The van der Waals surface area contributed by atoms with Crippen LogP contribution in [0.3, 0.4) is 0 Å². The lowest BCUT2D eigenvalue weighted by molar-refractivity contribution is -0.155. The lowest BCUT2D eigenvalue weighted by Gasteiger charge is -2.37. The summed E-state index contributed by atoms with van der Waals surface area (Å²) in [6.45, 7) is 3.49. The van der Waals surface area contributed by atoms with Crippen LogP contribution in [0.2, 0.25) is 0 Å². The summed E-state index contributed by atoms with van der Waals surface area (Å²) in [6, 6.07) is -0.509. The average molecular weight is 203 g/mol. The van der Waals surface area contributed by atoms with Gasteiger partial charge in [0.15, 0.2) is 0 Å². The van der Waals surface area contributed by atoms with E-state index < -0.39 is 18.2 Å². The van der Waals surface area contributed by atoms with Crippen LogP contribution >= 0.6 is 0 Å². The molecule has 0 unspecified atom stereocenters. The number of rotatable bonds is 2. The zero-order chi connectivity index (χ0) is 10.7. The molecule has 82 valence electrons. The first-order chi connectivity index (χ1) is 6.56. The van der Waals surface area contributed by atoms with Crippen LogP contribution in [-0.2, 0) is 9.53 Å². The second-order valence-corrected chi connectivity index (χ2v) is 3.57. The zero-order valence-corrected chi connectivity index (χ0v) is 8.43. The number of carbonyl (C=O) groups excluding carboxylic acids is 1. The summed E-state index contributed by atoms with van der Waals surface area (Å²) in [7, 11) is 0. The van der Waals surface area contributed by atoms with Gasteiger partial charge in [-0.05, 0) is 6.42 Å². The molecule has 0 saturated carbocycles. The maximum absolute atomic E-state index is 10.8. The predicted molar refractivity (Wildman–Crippen MR) is 49.6 cm³/mol. The second kappa shape index (κ2) is 4.72. The van der Waals surface area contributed by atoms with Crippen LogP contribution in [0, 0.1) is 0 Å². The van der Waals surface area contributed by atoms with Gasteiger partial charge in [-0.1, -0.05) is 6.92 Å². The fraction of sp³-hybridized carbons (Fsp3) is 0.889. The minimum atomic E-state index is -0.947. The first-order valence-corrected chi connectivity index (χ1v) is 4.81. The third-order valence-corrected chi connectivity index (χ3v) is 2.42. The van der Waals surface area contributed by atoms with E-state index in [9.17, 15) is 15.0 Å². The minimum absolute atomic E-state index is 0.236. The Morgan fingerprint density at radius 3 is 2.64 bits per heavy atom. The van der Waals surface area contributed by atoms with E-state index in [2.05, 4.69) is 5.32 Å². The van der Waals surface area contributed by atoms with Crippen molar-refractivity contribution in [2.45, 2.75) is 44.6 Å². The van der Waals surface area contributed by atoms with Crippen molar-refractivity contribution in [1.82, 2.24) is 5.32 Å². The molecule has 0 spiro atoms. The predicted octanol–water partition coefficient (Wildman–Crippen LogP) is -0.978. The molecule has 14 heavy (non-hydrogen) atoms. The maximum Gasteiger partial charge on any atom is 0.217 e. The number of aliphatic hydroxyl groups is 2. The number of ether oxygens (including phenoxy) is 1. The fourth-order valence-electron chi connectivity index (χ4n) is 1.63. The van der Waals surface area contributed by atoms with Crippen molar-refractivity contribution in [3.63, 3.8) is 0 Å². The topological polar surface area (TPSA) is 78.8 Å². The quantitative estimate of drug-likeness (QED) is 0.539. The molecule has 0 aromatic carbocycles. The number of aliphatic hydroxyl groups excluding tert-OH is 2. The van der Waals surface area contributed by atoms with Gasteiger partial charge in [-0.2, -0.15) is 0 Å². The van der Waals surface area contributed by atoms with Crippen LogP contribution in [0.1, 0.15) is 20.3 Å². The smallest absolute Gasteiger partial charge is 0.217 e. The monoisotopic (exact) mass is 203 g/mol. The van der Waals surface area contributed by atoms with Gasteiger partial charge in [0.1, 0.15) is 12.2 Å². The van der Waals surface area contributed by atoms with Crippen molar-refractivity contribution >= 4 is 5.91 Å². The number of carbonyl (C=O) groups is 1. The molecule has 5 nitrogen and oxygen atoms in total. The summed E-state index contributed by atoms with van der Waals surface area (Å²) in [4.78, 5) is 10.8. The Labute approximate surface area is 83.1 Å². The van der Waals surface area contributed by atoms with Gasteiger partial charge in [0, 0.05) is 6.92 Å². The summed E-state index contributed by atoms with van der Waals surface area (Å²) in [5, 5.41) is 21.8. The van der Waals surface area contributed by atoms with Crippen molar-refractivity contribution < 1.29 is 19.7 Å². The first-order valence-electron chi connectivity index (χ1n) is 4.81. The van der Waals surface area contributed by atoms with Crippen LogP contribution in [0.25, 0.3) is 0 Å². The highest BCUT2D eigenvalue weighted by Crippen LogP contribution is 2.17. The number of hydrogen-bond donors (Lipinski definition) is 3. The van der Waals surface area contributed by atoms with E-state index >= 15 is 0 Å². The molecule has 1 amide bonds. The standard InChI is InChI=1S/C9H17NO4/c1-3-7-9(13)8(12)6(4-14-7)10-5(2)11/h6-9,12-13H,3-4H2,1-2H3,(H,10,11)/t6-,7+,8+,9-/m0/s1. The molecule has 5 heteroatoms. The highest BCUT2D eigenvalue weighted by molar-refractivity contribution is 5.73. The third-order valence-electron chi connectivity index (χ3n) is 2.42. The molecule has 0 aromatic heterocycles. The largest absolute Gasteiger partial charge is 0.388 e. The van der Waals surface area contributed by atoms with E-state index in [0.29, 0.717) is 6.42 Å². The van der Waals surface area contributed by atoms with Gasteiger partial charge < -0.3 is 20.3 Å². The molecule has 1 rings (SSSR count). The molecule has 0 aliphatic carbocycles. The van der Waals surface area contributed by atoms with E-state index in [1.165, 1.54) is 6.92 Å². The van der Waals surface area contributed by atoms with Crippen molar-refractivity contribution in [2.75, 3.05) is 6.61 Å². The summed E-state index contributed by atoms with van der Waals surface area (Å²) in [5.41, 5.74) is 0. The SMILES string of the molecule is CC[C@H]1OC[C@H](NC(C)=O)[C@@H](O)[C@H]1O. The highest BCUT2D eigenvalue weighted by atomic mass is 16.5. The summed E-state index contributed by atoms with van der Waals surface area (Å²) in [5.74, 6) is -0.236. The summed E-state index contributed by atoms with van der Waals surface area (Å²) >= 11 is 0. The number of nitrogens with one attached hydrogen (secondary N) is 1. The van der Waals surface area contributed by atoms with Crippen LogP contribution in [-0.4, -0.2) is 47.1 Å². The molecule has 4 atom stereocenters. The molecular weight excluding hydrogens is 186 g/mol. The van der Waals surface area contributed by atoms with Gasteiger partial charge in [-0.3, -0.25) is 4.79 Å². The number of amides is 1. The molecule has 1 saturated heterocycles. The van der Waals surface area contributed by atoms with E-state index in [-0.39, 0.29) is 18.6 Å². The molecule has 1 aliphatic heterocycles. The van der Waals surface area contributed by atoms with E-state index in [1.54, 1.807) is 0 Å². The second-order valence-electron chi connectivity index (χ2n) is 3.57. The van der Waals surface area contributed by atoms with Gasteiger partial charge in [-0.25, -0.2) is 0 Å². The highest BCUT2D eigenvalue weighted by Gasteiger charge is 2.37. The molecule has 0 bridgehead atoms. The Morgan fingerprint density at radius 2 is 2.14 bits per heavy atom. The van der Waals surface area contributed by atoms with E-state index in [0.717, 1.165) is 0 Å². The average Bonchev–Trinajstić information content (AvgIpc) is 2.13. The van der Waals surface area contributed by atoms with E-state index in [1.807, 2.05) is 6.92 Å². The first kappa shape index (κ1) is 11.4. The minimum Gasteiger partial charge on any atom is -0.388 e. The Kier molecular flexibility index (Phi) is 3.86. The fourth-order valence-corrected chi connectivity index (χ4v) is 1.63. The Bertz CT molecular complexity index is 209. The molecular formula is C9H17NO4. The van der Waals surface area contributed by atoms with Crippen LogP contribution < -0.4 is 5.32 Å². The zero-order valence-electron chi connectivity index (χ0n) is 8.43. The molecule has 0 aromatic rings. The number of hydrogen-bond acceptors (Lipinski definition) is 4. The van der Waals surface area contributed by atoms with Crippen molar-refractivity contribution in [1.29, 1.82) is 0 Å². The summed E-state index contributed by atoms with van der Waals surface area (Å²) < 4.78 is 5.30. The molecule has 1 fully saturated rings. The van der Waals surface area contributed by atoms with Gasteiger partial charge in [-0.15, -0.1) is 0 Å². The van der Waals surface area contributed by atoms with Crippen LogP contribution in [0.5, 0.6) is 0 Å². The van der Waals surface area contributed by atoms with Gasteiger partial charge in [0.2, 0.25) is 5.91 Å². The van der Waals surface area contributed by atoms with Gasteiger partial charge in [0.05, 0.1) is 18.8 Å². The van der Waals surface area contributed by atoms with Crippen LogP contribution in [0.4, 0.5) is 0 Å². The van der Waals surface area contributed by atoms with Gasteiger partial charge in [0.25, 0.3) is 0 Å². The molecule has 1 heterocycles. The lowest BCUT2D eigenvalue weighted by atomic mass is 9.96. The maximum atomic E-state index is 10.8. The Morgan fingerprint density at radius 1 is 1.50 bits per heavy atom. The third kappa shape index (κ3) is 2.43. The lowest BCUT2D eigenvalue weighted by Crippen LogP contribution is -2.58. The summed E-state index contributed by atoms with van der Waals surface area (Å²) in [6.07, 6.45) is -1.57. The Hall–Kier alpha value is -0.650. The van der Waals surface area contributed by atoms with Crippen molar-refractivity contribution in [3.05, 3.63) is 0 Å². The molecule has 3 N–H and O–H groups in total. The Balaban J connectivity index is 2.54. The van der Waals surface area contributed by atoms with E-state index in [4.69, 9.17) is 4.74 Å². The van der Waals surface area contributed by atoms with Crippen LogP contribution in [0.15, 0.2) is 0 Å². The molecule has 1 aliphatic rings.